The first-order valence-corrected chi connectivity index (χ1v) is 10.3. The number of aromatic nitrogens is 6. The molecule has 7 nitrogen and oxygen atoms in total. The molecular formula is C20H21FN6OS. The van der Waals surface area contributed by atoms with E-state index in [1.54, 1.807) is 23.5 Å². The number of halogens is 1. The number of fused-ring (bicyclic) bond motifs is 1. The molecule has 150 valence electrons. The molecule has 1 aromatic carbocycles. The van der Waals surface area contributed by atoms with Crippen molar-refractivity contribution in [2.45, 2.75) is 40.2 Å². The minimum absolute atomic E-state index is 0.133. The Hall–Kier alpha value is -2.94. The first kappa shape index (κ1) is 19.4. The van der Waals surface area contributed by atoms with Gasteiger partial charge in [-0.2, -0.15) is 4.80 Å². The second-order valence-corrected chi connectivity index (χ2v) is 8.40. The number of tetrazole rings is 1. The average Bonchev–Trinajstić information content (AvgIpc) is 3.27. The largest absolute Gasteiger partial charge is 0.308 e. The molecule has 1 atom stereocenters. The maximum atomic E-state index is 13.1. The van der Waals surface area contributed by atoms with E-state index in [1.165, 1.54) is 16.9 Å². The van der Waals surface area contributed by atoms with Crippen LogP contribution < -0.4 is 5.56 Å². The number of hydrogen-bond donors (Lipinski definition) is 1. The number of benzene rings is 1. The van der Waals surface area contributed by atoms with E-state index in [1.807, 2.05) is 6.92 Å². The van der Waals surface area contributed by atoms with Crippen molar-refractivity contribution < 1.29 is 4.39 Å². The third kappa shape index (κ3) is 3.95. The van der Waals surface area contributed by atoms with Crippen LogP contribution in [0.15, 0.2) is 29.1 Å². The van der Waals surface area contributed by atoms with Gasteiger partial charge in [-0.25, -0.2) is 9.37 Å². The van der Waals surface area contributed by atoms with Crippen LogP contribution in [0.1, 0.15) is 36.5 Å². The minimum atomic E-state index is -0.324. The maximum Gasteiger partial charge on any atom is 0.259 e. The van der Waals surface area contributed by atoms with Crippen LogP contribution in [0.3, 0.4) is 0 Å². The third-order valence-electron chi connectivity index (χ3n) is 5.01. The normalized spacial score (nSPS) is 12.6. The van der Waals surface area contributed by atoms with Crippen molar-refractivity contribution in [1.82, 2.24) is 30.2 Å². The van der Waals surface area contributed by atoms with Crippen molar-refractivity contribution in [3.05, 3.63) is 56.7 Å². The Morgan fingerprint density at radius 1 is 1.28 bits per heavy atom. The van der Waals surface area contributed by atoms with Gasteiger partial charge in [-0.3, -0.25) is 4.79 Å². The molecule has 29 heavy (non-hydrogen) atoms. The first-order chi connectivity index (χ1) is 13.9. The number of H-pyrrole nitrogens is 1. The second kappa shape index (κ2) is 7.82. The zero-order valence-electron chi connectivity index (χ0n) is 16.4. The van der Waals surface area contributed by atoms with Gasteiger partial charge in [0.1, 0.15) is 23.0 Å². The summed E-state index contributed by atoms with van der Waals surface area (Å²) in [5, 5.41) is 13.0. The van der Waals surface area contributed by atoms with Gasteiger partial charge in [-0.15, -0.1) is 21.5 Å². The molecule has 0 aliphatic heterocycles. The monoisotopic (exact) mass is 412 g/mol. The third-order valence-corrected chi connectivity index (χ3v) is 6.05. The lowest BCUT2D eigenvalue weighted by molar-refractivity contribution is 0.554. The Morgan fingerprint density at radius 3 is 2.76 bits per heavy atom. The Balaban J connectivity index is 1.62. The Morgan fingerprint density at radius 2 is 2.03 bits per heavy atom. The van der Waals surface area contributed by atoms with Crippen LogP contribution >= 0.6 is 11.3 Å². The van der Waals surface area contributed by atoms with Crippen LogP contribution in [0.5, 0.6) is 0 Å². The van der Waals surface area contributed by atoms with Gasteiger partial charge in [-0.1, -0.05) is 20.3 Å². The molecule has 0 spiro atoms. The van der Waals surface area contributed by atoms with Gasteiger partial charge >= 0.3 is 0 Å². The predicted molar refractivity (Wildman–Crippen MR) is 110 cm³/mol. The zero-order chi connectivity index (χ0) is 20.5. The maximum absolute atomic E-state index is 13.1. The van der Waals surface area contributed by atoms with E-state index in [4.69, 9.17) is 0 Å². The first-order valence-electron chi connectivity index (χ1n) is 9.49. The molecule has 0 fully saturated rings. The molecule has 0 aliphatic rings. The van der Waals surface area contributed by atoms with Crippen molar-refractivity contribution in [1.29, 1.82) is 0 Å². The van der Waals surface area contributed by atoms with Gasteiger partial charge in [0, 0.05) is 10.4 Å². The molecule has 0 unspecified atom stereocenters. The molecule has 3 aromatic heterocycles. The lowest BCUT2D eigenvalue weighted by atomic mass is 9.98. The van der Waals surface area contributed by atoms with Gasteiger partial charge < -0.3 is 4.98 Å². The van der Waals surface area contributed by atoms with E-state index in [2.05, 4.69) is 39.2 Å². The number of thiophene rings is 1. The van der Waals surface area contributed by atoms with Gasteiger partial charge in [-0.05, 0) is 54.3 Å². The molecule has 0 radical (unpaired) electrons. The lowest BCUT2D eigenvalue weighted by Crippen LogP contribution is -2.16. The summed E-state index contributed by atoms with van der Waals surface area (Å²) in [7, 11) is 0. The van der Waals surface area contributed by atoms with Crippen LogP contribution in [0.4, 0.5) is 4.39 Å². The molecule has 0 amide bonds. The van der Waals surface area contributed by atoms with Gasteiger partial charge in [0.25, 0.3) is 5.56 Å². The molecule has 3 heterocycles. The fourth-order valence-electron chi connectivity index (χ4n) is 3.19. The molecule has 4 rings (SSSR count). The molecule has 4 aromatic rings. The van der Waals surface area contributed by atoms with E-state index < -0.39 is 0 Å². The molecular weight excluding hydrogens is 391 g/mol. The summed E-state index contributed by atoms with van der Waals surface area (Å²) in [6, 6.07) is 5.88. The van der Waals surface area contributed by atoms with Crippen molar-refractivity contribution in [2.75, 3.05) is 0 Å². The number of nitrogens with zero attached hydrogens (tertiary/aromatic N) is 5. The van der Waals surface area contributed by atoms with Crippen LogP contribution in [-0.4, -0.2) is 30.2 Å². The van der Waals surface area contributed by atoms with Crippen molar-refractivity contribution in [2.24, 2.45) is 5.92 Å². The zero-order valence-corrected chi connectivity index (χ0v) is 17.3. The molecule has 1 N–H and O–H groups in total. The van der Waals surface area contributed by atoms with Crippen molar-refractivity contribution >= 4 is 21.6 Å². The van der Waals surface area contributed by atoms with Crippen molar-refractivity contribution in [3.8, 4) is 11.4 Å². The van der Waals surface area contributed by atoms with Crippen molar-refractivity contribution in [3.63, 3.8) is 0 Å². The summed E-state index contributed by atoms with van der Waals surface area (Å²) in [4.78, 5) is 23.5. The Labute approximate surface area is 170 Å². The Kier molecular flexibility index (Phi) is 5.23. The molecule has 0 aliphatic carbocycles. The van der Waals surface area contributed by atoms with Gasteiger partial charge in [0.05, 0.1) is 5.39 Å². The highest BCUT2D eigenvalue weighted by molar-refractivity contribution is 7.18. The van der Waals surface area contributed by atoms with E-state index in [0.717, 1.165) is 28.1 Å². The topological polar surface area (TPSA) is 89.3 Å². The Bertz CT molecular complexity index is 1210. The number of rotatable bonds is 6. The summed E-state index contributed by atoms with van der Waals surface area (Å²) < 4.78 is 13.1. The SMILES string of the molecule is CC[C@H](C)Cc1c(C)sc2nc(Cn3nnc(-c4ccc(F)cc4)n3)[nH]c(=O)c12. The number of aryl methyl sites for hydroxylation is 1. The standard InChI is InChI=1S/C20H21FN6OS/c1-4-11(2)9-15-12(3)29-20-17(15)19(28)22-16(23-20)10-27-25-18(24-26-27)13-5-7-14(21)8-6-13/h5-8,11H,4,9-10H2,1-3H3,(H,22,23,28)/t11-/m0/s1. The summed E-state index contributed by atoms with van der Waals surface area (Å²) in [6.45, 7) is 6.57. The summed E-state index contributed by atoms with van der Waals surface area (Å²) in [5.74, 6) is 1.04. The molecule has 0 bridgehead atoms. The van der Waals surface area contributed by atoms with E-state index in [9.17, 15) is 9.18 Å². The van der Waals surface area contributed by atoms with Crippen LogP contribution in [0, 0.1) is 18.7 Å². The summed E-state index contributed by atoms with van der Waals surface area (Å²) in [6.07, 6.45) is 1.94. The number of nitrogens with one attached hydrogen (secondary N) is 1. The van der Waals surface area contributed by atoms with Gasteiger partial charge in [0.2, 0.25) is 5.82 Å². The fourth-order valence-corrected chi connectivity index (χ4v) is 4.26. The highest BCUT2D eigenvalue weighted by atomic mass is 32.1. The van der Waals surface area contributed by atoms with E-state index >= 15 is 0 Å². The summed E-state index contributed by atoms with van der Waals surface area (Å²) in [5.41, 5.74) is 1.63. The highest BCUT2D eigenvalue weighted by Crippen LogP contribution is 2.29. The number of hydrogen-bond acceptors (Lipinski definition) is 6. The lowest BCUT2D eigenvalue weighted by Gasteiger charge is -2.08. The minimum Gasteiger partial charge on any atom is -0.308 e. The molecule has 9 heteroatoms. The van der Waals surface area contributed by atoms with Crippen LogP contribution in [0.25, 0.3) is 21.6 Å². The van der Waals surface area contributed by atoms with Crippen LogP contribution in [-0.2, 0) is 13.0 Å². The highest BCUT2D eigenvalue weighted by Gasteiger charge is 2.17. The predicted octanol–water partition coefficient (Wildman–Crippen LogP) is 3.72. The molecule has 0 saturated carbocycles. The smallest absolute Gasteiger partial charge is 0.259 e. The number of aromatic amines is 1. The summed E-state index contributed by atoms with van der Waals surface area (Å²) >= 11 is 1.54. The van der Waals surface area contributed by atoms with Crippen LogP contribution in [0.2, 0.25) is 0 Å². The second-order valence-electron chi connectivity index (χ2n) is 7.20. The van der Waals surface area contributed by atoms with E-state index in [-0.39, 0.29) is 17.9 Å². The van der Waals surface area contributed by atoms with E-state index in [0.29, 0.717) is 28.5 Å². The molecule has 0 saturated heterocycles. The average molecular weight is 412 g/mol. The van der Waals surface area contributed by atoms with Gasteiger partial charge in [0.15, 0.2) is 0 Å². The fraction of sp³-hybridized carbons (Fsp3) is 0.350. The quantitative estimate of drug-likeness (QED) is 0.521.